The number of ether oxygens (including phenoxy) is 2. The summed E-state index contributed by atoms with van der Waals surface area (Å²) in [4.78, 5) is 39.0. The van der Waals surface area contributed by atoms with Gasteiger partial charge in [0.15, 0.2) is 11.5 Å². The van der Waals surface area contributed by atoms with Crippen LogP contribution in [0.2, 0.25) is 5.02 Å². The van der Waals surface area contributed by atoms with Crippen molar-refractivity contribution in [3.05, 3.63) is 94.1 Å². The lowest BCUT2D eigenvalue weighted by Crippen LogP contribution is -2.32. The Kier molecular flexibility index (Phi) is 6.86. The molecule has 1 aliphatic heterocycles. The number of rotatable bonds is 7. The molecule has 0 saturated carbocycles. The van der Waals surface area contributed by atoms with Gasteiger partial charge in [0.1, 0.15) is 10.7 Å². The minimum Gasteiger partial charge on any atom is -0.490 e. The molecule has 3 aromatic carbocycles. The zero-order valence-electron chi connectivity index (χ0n) is 17.9. The number of hydrogen-bond acceptors (Lipinski definition) is 6. The van der Waals surface area contributed by atoms with E-state index in [9.17, 15) is 14.4 Å². The van der Waals surface area contributed by atoms with Gasteiger partial charge in [-0.1, -0.05) is 41.4 Å². The van der Waals surface area contributed by atoms with Crippen LogP contribution in [0.1, 0.15) is 17.3 Å². The predicted molar refractivity (Wildman–Crippen MR) is 129 cm³/mol. The van der Waals surface area contributed by atoms with Crippen molar-refractivity contribution in [1.82, 2.24) is 0 Å². The molecule has 9 heteroatoms. The molecule has 1 heterocycles. The largest absolute Gasteiger partial charge is 0.490 e. The molecular formula is C25H18Cl2N2O5. The van der Waals surface area contributed by atoms with E-state index < -0.39 is 17.8 Å². The second-order valence-corrected chi connectivity index (χ2v) is 7.90. The maximum Gasteiger partial charge on any atom is 0.343 e. The minimum atomic E-state index is -0.662. The summed E-state index contributed by atoms with van der Waals surface area (Å²) < 4.78 is 10.9. The Balaban J connectivity index is 1.48. The monoisotopic (exact) mass is 496 g/mol. The third-order valence-electron chi connectivity index (χ3n) is 4.84. The number of carbonyl (C=O) groups excluding carboxylic acids is 3. The molecule has 0 atom stereocenters. The first-order chi connectivity index (χ1) is 16.4. The summed E-state index contributed by atoms with van der Waals surface area (Å²) in [7, 11) is 0. The van der Waals surface area contributed by atoms with Gasteiger partial charge in [-0.15, -0.1) is 0 Å². The number of imide groups is 1. The van der Waals surface area contributed by atoms with E-state index in [1.807, 2.05) is 6.92 Å². The zero-order chi connectivity index (χ0) is 24.2. The van der Waals surface area contributed by atoms with Gasteiger partial charge in [0.2, 0.25) is 0 Å². The topological polar surface area (TPSA) is 84.9 Å². The minimum absolute atomic E-state index is 0.0763. The van der Waals surface area contributed by atoms with E-state index in [2.05, 4.69) is 5.32 Å². The van der Waals surface area contributed by atoms with Gasteiger partial charge in [-0.25, -0.2) is 9.69 Å². The first-order valence-corrected chi connectivity index (χ1v) is 11.0. The highest BCUT2D eigenvalue weighted by atomic mass is 35.5. The molecular weight excluding hydrogens is 479 g/mol. The van der Waals surface area contributed by atoms with Gasteiger partial charge in [0, 0.05) is 10.7 Å². The molecule has 4 rings (SSSR count). The van der Waals surface area contributed by atoms with Crippen molar-refractivity contribution >= 4 is 52.4 Å². The van der Waals surface area contributed by atoms with Crippen LogP contribution in [0, 0.1) is 0 Å². The maximum absolute atomic E-state index is 12.9. The summed E-state index contributed by atoms with van der Waals surface area (Å²) in [6.45, 7) is 2.27. The third kappa shape index (κ3) is 4.76. The fraction of sp³-hybridized carbons (Fsp3) is 0.0800. The van der Waals surface area contributed by atoms with Gasteiger partial charge >= 0.3 is 5.97 Å². The van der Waals surface area contributed by atoms with E-state index in [-0.39, 0.29) is 16.3 Å². The van der Waals surface area contributed by atoms with Crippen LogP contribution < -0.4 is 19.7 Å². The Morgan fingerprint density at radius 1 is 0.912 bits per heavy atom. The van der Waals surface area contributed by atoms with Gasteiger partial charge in [-0.3, -0.25) is 9.59 Å². The van der Waals surface area contributed by atoms with Crippen LogP contribution in [0.15, 0.2) is 83.5 Å². The quantitative estimate of drug-likeness (QED) is 0.268. The normalized spacial score (nSPS) is 13.3. The van der Waals surface area contributed by atoms with Crippen molar-refractivity contribution in [3.63, 3.8) is 0 Å². The Labute approximate surface area is 205 Å². The Morgan fingerprint density at radius 2 is 1.62 bits per heavy atom. The number of benzene rings is 3. The van der Waals surface area contributed by atoms with Crippen LogP contribution >= 0.6 is 23.2 Å². The number of hydrogen-bond donors (Lipinski definition) is 1. The van der Waals surface area contributed by atoms with Crippen LogP contribution in [-0.2, 0) is 9.59 Å². The van der Waals surface area contributed by atoms with Crippen molar-refractivity contribution in [2.24, 2.45) is 0 Å². The number of para-hydroxylation sites is 2. The fourth-order valence-corrected chi connectivity index (χ4v) is 3.66. The maximum atomic E-state index is 12.9. The average Bonchev–Trinajstić information content (AvgIpc) is 3.04. The summed E-state index contributed by atoms with van der Waals surface area (Å²) in [6.07, 6.45) is 0. The smallest absolute Gasteiger partial charge is 0.343 e. The SMILES string of the molecule is CCOc1ccccc1OC(=O)c1ccc(NC2=C(Cl)C(=O)N(c3cccc(Cl)c3)C2=O)cc1. The molecule has 1 aliphatic rings. The van der Waals surface area contributed by atoms with Gasteiger partial charge in [-0.2, -0.15) is 0 Å². The summed E-state index contributed by atoms with van der Waals surface area (Å²) in [5.41, 5.74) is 0.968. The summed E-state index contributed by atoms with van der Waals surface area (Å²) in [5.74, 6) is -1.08. The lowest BCUT2D eigenvalue weighted by atomic mass is 10.2. The van der Waals surface area contributed by atoms with Crippen molar-refractivity contribution in [1.29, 1.82) is 0 Å². The van der Waals surface area contributed by atoms with Crippen LogP contribution in [0.4, 0.5) is 11.4 Å². The fourth-order valence-electron chi connectivity index (χ4n) is 3.26. The predicted octanol–water partition coefficient (Wildman–Crippen LogP) is 5.39. The van der Waals surface area contributed by atoms with Crippen LogP contribution in [0.25, 0.3) is 0 Å². The molecule has 0 aliphatic carbocycles. The highest BCUT2D eigenvalue weighted by Crippen LogP contribution is 2.31. The van der Waals surface area contributed by atoms with Crippen molar-refractivity contribution in [2.45, 2.75) is 6.92 Å². The van der Waals surface area contributed by atoms with Gasteiger partial charge in [0.05, 0.1) is 17.9 Å². The van der Waals surface area contributed by atoms with E-state index in [0.29, 0.717) is 34.5 Å². The summed E-state index contributed by atoms with van der Waals surface area (Å²) in [5, 5.41) is 2.99. The summed E-state index contributed by atoms with van der Waals surface area (Å²) in [6, 6.07) is 19.4. The van der Waals surface area contributed by atoms with Gasteiger partial charge < -0.3 is 14.8 Å². The van der Waals surface area contributed by atoms with Crippen molar-refractivity contribution in [3.8, 4) is 11.5 Å². The number of nitrogens with one attached hydrogen (secondary N) is 1. The van der Waals surface area contributed by atoms with E-state index >= 15 is 0 Å². The molecule has 0 bridgehead atoms. The third-order valence-corrected chi connectivity index (χ3v) is 5.42. The Hall–Kier alpha value is -3.81. The van der Waals surface area contributed by atoms with E-state index in [4.69, 9.17) is 32.7 Å². The lowest BCUT2D eigenvalue weighted by molar-refractivity contribution is -0.120. The van der Waals surface area contributed by atoms with Crippen molar-refractivity contribution in [2.75, 3.05) is 16.8 Å². The molecule has 1 N–H and O–H groups in total. The highest BCUT2D eigenvalue weighted by molar-refractivity contribution is 6.53. The molecule has 3 aromatic rings. The van der Waals surface area contributed by atoms with Gasteiger partial charge in [0.25, 0.3) is 11.8 Å². The molecule has 0 aromatic heterocycles. The number of anilines is 2. The number of halogens is 2. The van der Waals surface area contributed by atoms with Crippen LogP contribution in [-0.4, -0.2) is 24.4 Å². The van der Waals surface area contributed by atoms with E-state index in [0.717, 1.165) is 4.90 Å². The number of nitrogens with zero attached hydrogens (tertiary/aromatic N) is 1. The molecule has 0 radical (unpaired) electrons. The van der Waals surface area contributed by atoms with E-state index in [1.165, 1.54) is 18.2 Å². The molecule has 172 valence electrons. The molecule has 7 nitrogen and oxygen atoms in total. The molecule has 0 unspecified atom stereocenters. The molecule has 2 amide bonds. The first-order valence-electron chi connectivity index (χ1n) is 10.2. The standard InChI is InChI=1S/C25H18Cl2N2O5/c1-2-33-19-8-3-4-9-20(19)34-25(32)15-10-12-17(13-11-15)28-22-21(27)23(30)29(24(22)31)18-7-5-6-16(26)14-18/h3-14,28H,2H2,1H3. The summed E-state index contributed by atoms with van der Waals surface area (Å²) >= 11 is 12.1. The molecule has 0 spiro atoms. The second kappa shape index (κ2) is 9.99. The molecule has 0 saturated heterocycles. The number of amides is 2. The van der Waals surface area contributed by atoms with Crippen LogP contribution in [0.5, 0.6) is 11.5 Å². The highest BCUT2D eigenvalue weighted by Gasteiger charge is 2.39. The Morgan fingerprint density at radius 3 is 2.29 bits per heavy atom. The molecule has 0 fully saturated rings. The first kappa shape index (κ1) is 23.4. The van der Waals surface area contributed by atoms with Crippen molar-refractivity contribution < 1.29 is 23.9 Å². The molecule has 34 heavy (non-hydrogen) atoms. The van der Waals surface area contributed by atoms with Crippen LogP contribution in [0.3, 0.4) is 0 Å². The number of esters is 1. The zero-order valence-corrected chi connectivity index (χ0v) is 19.4. The second-order valence-electron chi connectivity index (χ2n) is 7.09. The lowest BCUT2D eigenvalue weighted by Gasteiger charge is -2.15. The van der Waals surface area contributed by atoms with Gasteiger partial charge in [-0.05, 0) is 61.5 Å². The van der Waals surface area contributed by atoms with E-state index in [1.54, 1.807) is 54.6 Å². The number of carbonyl (C=O) groups is 3. The Bertz CT molecular complexity index is 1300. The average molecular weight is 497 g/mol.